The minimum atomic E-state index is -0.658. The summed E-state index contributed by atoms with van der Waals surface area (Å²) in [7, 11) is 0. The molecule has 9 heteroatoms. The van der Waals surface area contributed by atoms with Gasteiger partial charge in [0.2, 0.25) is 0 Å². The van der Waals surface area contributed by atoms with Crippen LogP contribution in [0.4, 0.5) is 11.4 Å². The number of nitro benzene ring substituents is 2. The molecule has 0 aliphatic carbocycles. The topological polar surface area (TPSA) is 99.2 Å². The Morgan fingerprint density at radius 3 is 2.53 bits per heavy atom. The third kappa shape index (κ3) is 3.06. The van der Waals surface area contributed by atoms with E-state index in [2.05, 4.69) is 4.98 Å². The predicted molar refractivity (Wildman–Crippen MR) is 70.7 cm³/mol. The highest BCUT2D eigenvalue weighted by molar-refractivity contribution is 8.01. The quantitative estimate of drug-likeness (QED) is 0.633. The van der Waals surface area contributed by atoms with Crippen molar-refractivity contribution in [1.29, 1.82) is 0 Å². The normalized spacial score (nSPS) is 10.4. The molecular weight excluding hydrogens is 290 g/mol. The van der Waals surface area contributed by atoms with Gasteiger partial charge >= 0.3 is 0 Å². The van der Waals surface area contributed by atoms with Gasteiger partial charge in [-0.1, -0.05) is 11.8 Å². The van der Waals surface area contributed by atoms with Crippen LogP contribution in [-0.2, 0) is 0 Å². The fourth-order valence-electron chi connectivity index (χ4n) is 1.32. The van der Waals surface area contributed by atoms with Crippen LogP contribution in [0, 0.1) is 27.2 Å². The van der Waals surface area contributed by atoms with Gasteiger partial charge in [0.25, 0.3) is 11.4 Å². The number of non-ortho nitro benzene ring substituents is 1. The molecule has 0 unspecified atom stereocenters. The van der Waals surface area contributed by atoms with Gasteiger partial charge in [-0.05, 0) is 13.0 Å². The van der Waals surface area contributed by atoms with E-state index in [1.165, 1.54) is 23.5 Å². The molecule has 1 heterocycles. The van der Waals surface area contributed by atoms with Gasteiger partial charge in [0, 0.05) is 17.1 Å². The highest BCUT2D eigenvalue weighted by Gasteiger charge is 2.20. The van der Waals surface area contributed by atoms with Crippen molar-refractivity contribution in [3.8, 4) is 0 Å². The average Bonchev–Trinajstić information content (AvgIpc) is 2.74. The number of benzene rings is 1. The average molecular weight is 297 g/mol. The Bertz CT molecular complexity index is 656. The molecule has 7 nitrogen and oxygen atoms in total. The number of rotatable bonds is 4. The summed E-state index contributed by atoms with van der Waals surface area (Å²) < 4.78 is 0.662. The Balaban J connectivity index is 2.39. The van der Waals surface area contributed by atoms with Crippen LogP contribution in [0.5, 0.6) is 0 Å². The zero-order valence-electron chi connectivity index (χ0n) is 9.60. The van der Waals surface area contributed by atoms with E-state index in [1.807, 2.05) is 12.3 Å². The summed E-state index contributed by atoms with van der Waals surface area (Å²) in [6, 6.07) is 3.58. The minimum Gasteiger partial charge on any atom is -0.258 e. The number of nitro groups is 2. The molecule has 0 aliphatic heterocycles. The molecule has 19 heavy (non-hydrogen) atoms. The lowest BCUT2D eigenvalue weighted by atomic mass is 10.3. The lowest BCUT2D eigenvalue weighted by Crippen LogP contribution is -1.94. The molecule has 0 saturated carbocycles. The van der Waals surface area contributed by atoms with Crippen LogP contribution in [-0.4, -0.2) is 14.8 Å². The summed E-state index contributed by atoms with van der Waals surface area (Å²) in [6.07, 6.45) is 0. The molecule has 0 amide bonds. The van der Waals surface area contributed by atoms with E-state index in [1.54, 1.807) is 0 Å². The molecular formula is C10H7N3O4S2. The molecule has 0 bridgehead atoms. The van der Waals surface area contributed by atoms with E-state index in [4.69, 9.17) is 0 Å². The Labute approximate surface area is 115 Å². The van der Waals surface area contributed by atoms with Gasteiger partial charge in [0.05, 0.1) is 20.8 Å². The van der Waals surface area contributed by atoms with Crippen LogP contribution in [0.15, 0.2) is 32.8 Å². The summed E-state index contributed by atoms with van der Waals surface area (Å²) >= 11 is 2.50. The lowest BCUT2D eigenvalue weighted by molar-refractivity contribution is -0.396. The summed E-state index contributed by atoms with van der Waals surface area (Å²) in [5, 5.41) is 23.4. The number of aromatic nitrogens is 1. The molecule has 2 aromatic rings. The van der Waals surface area contributed by atoms with E-state index >= 15 is 0 Å². The standard InChI is InChI=1S/C10H7N3O4S2/c1-6-5-18-10(11-6)19-9-3-2-7(12(14)15)4-8(9)13(16)17/h2-5H,1H3. The Morgan fingerprint density at radius 1 is 1.26 bits per heavy atom. The van der Waals surface area contributed by atoms with Crippen molar-refractivity contribution >= 4 is 34.5 Å². The van der Waals surface area contributed by atoms with Gasteiger partial charge < -0.3 is 0 Å². The zero-order valence-corrected chi connectivity index (χ0v) is 11.2. The first-order valence-corrected chi connectivity index (χ1v) is 6.70. The van der Waals surface area contributed by atoms with Crippen LogP contribution in [0.1, 0.15) is 5.69 Å². The van der Waals surface area contributed by atoms with Crippen LogP contribution >= 0.6 is 23.1 Å². The highest BCUT2D eigenvalue weighted by Crippen LogP contribution is 2.37. The fourth-order valence-corrected chi connectivity index (χ4v) is 3.20. The first-order chi connectivity index (χ1) is 8.97. The Morgan fingerprint density at radius 2 is 2.00 bits per heavy atom. The van der Waals surface area contributed by atoms with Crippen molar-refractivity contribution in [2.75, 3.05) is 0 Å². The second-order valence-corrected chi connectivity index (χ2v) is 5.67. The van der Waals surface area contributed by atoms with Crippen LogP contribution in [0.3, 0.4) is 0 Å². The molecule has 0 saturated heterocycles. The van der Waals surface area contributed by atoms with Gasteiger partial charge in [-0.25, -0.2) is 4.98 Å². The highest BCUT2D eigenvalue weighted by atomic mass is 32.2. The summed E-state index contributed by atoms with van der Waals surface area (Å²) in [6.45, 7) is 1.82. The zero-order chi connectivity index (χ0) is 14.0. The number of thiazole rings is 1. The van der Waals surface area contributed by atoms with Gasteiger partial charge in [0.1, 0.15) is 0 Å². The van der Waals surface area contributed by atoms with Crippen LogP contribution in [0.2, 0.25) is 0 Å². The summed E-state index contributed by atoms with van der Waals surface area (Å²) in [4.78, 5) is 24.8. The van der Waals surface area contributed by atoms with E-state index in [0.29, 0.717) is 9.24 Å². The molecule has 1 aromatic heterocycles. The third-order valence-corrected chi connectivity index (χ3v) is 4.27. The van der Waals surface area contributed by atoms with E-state index in [9.17, 15) is 20.2 Å². The van der Waals surface area contributed by atoms with Gasteiger partial charge in [-0.2, -0.15) is 0 Å². The van der Waals surface area contributed by atoms with Gasteiger partial charge in [0.15, 0.2) is 4.34 Å². The molecule has 0 radical (unpaired) electrons. The number of hydrogen-bond donors (Lipinski definition) is 0. The number of hydrogen-bond acceptors (Lipinski definition) is 7. The maximum absolute atomic E-state index is 10.9. The Hall–Kier alpha value is -2.00. The minimum absolute atomic E-state index is 0.285. The van der Waals surface area contributed by atoms with Crippen molar-refractivity contribution in [3.63, 3.8) is 0 Å². The molecule has 0 spiro atoms. The fraction of sp³-hybridized carbons (Fsp3) is 0.100. The molecule has 0 fully saturated rings. The monoisotopic (exact) mass is 297 g/mol. The summed E-state index contributed by atoms with van der Waals surface area (Å²) in [5.74, 6) is 0. The van der Waals surface area contributed by atoms with Crippen molar-refractivity contribution < 1.29 is 9.85 Å². The maximum atomic E-state index is 10.9. The molecule has 98 valence electrons. The molecule has 0 atom stereocenters. The second-order valence-electron chi connectivity index (χ2n) is 3.52. The lowest BCUT2D eigenvalue weighted by Gasteiger charge is -2.00. The van der Waals surface area contributed by atoms with E-state index in [-0.39, 0.29) is 11.4 Å². The largest absolute Gasteiger partial charge is 0.290 e. The maximum Gasteiger partial charge on any atom is 0.290 e. The predicted octanol–water partition coefficient (Wildman–Crippen LogP) is 3.42. The third-order valence-electron chi connectivity index (χ3n) is 2.15. The SMILES string of the molecule is Cc1csc(Sc2ccc([N+](=O)[O-])cc2[N+](=O)[O-])n1. The number of nitrogens with zero attached hydrogens (tertiary/aromatic N) is 3. The molecule has 2 rings (SSSR count). The second kappa shape index (κ2) is 5.33. The van der Waals surface area contributed by atoms with E-state index < -0.39 is 9.85 Å². The van der Waals surface area contributed by atoms with Crippen molar-refractivity contribution in [3.05, 3.63) is 49.5 Å². The van der Waals surface area contributed by atoms with Crippen molar-refractivity contribution in [2.24, 2.45) is 0 Å². The molecule has 1 aromatic carbocycles. The number of aryl methyl sites for hydroxylation is 1. The van der Waals surface area contributed by atoms with Gasteiger partial charge in [-0.3, -0.25) is 20.2 Å². The van der Waals surface area contributed by atoms with E-state index in [0.717, 1.165) is 23.5 Å². The summed E-state index contributed by atoms with van der Waals surface area (Å²) in [5.41, 5.74) is 0.246. The van der Waals surface area contributed by atoms with Crippen molar-refractivity contribution in [1.82, 2.24) is 4.98 Å². The van der Waals surface area contributed by atoms with Crippen LogP contribution < -0.4 is 0 Å². The molecule has 0 aliphatic rings. The van der Waals surface area contributed by atoms with Crippen molar-refractivity contribution in [2.45, 2.75) is 16.2 Å². The molecule has 0 N–H and O–H groups in total. The van der Waals surface area contributed by atoms with Gasteiger partial charge in [-0.15, -0.1) is 11.3 Å². The Kier molecular flexibility index (Phi) is 3.76. The van der Waals surface area contributed by atoms with Crippen LogP contribution in [0.25, 0.3) is 0 Å². The smallest absolute Gasteiger partial charge is 0.258 e. The first kappa shape index (κ1) is 13.4. The first-order valence-electron chi connectivity index (χ1n) is 5.00.